The van der Waals surface area contributed by atoms with Gasteiger partial charge in [0.2, 0.25) is 0 Å². The van der Waals surface area contributed by atoms with E-state index in [9.17, 15) is 9.59 Å². The smallest absolute Gasteiger partial charge is 0.194 e. The van der Waals surface area contributed by atoms with E-state index in [1.165, 1.54) is 51.4 Å². The zero-order chi connectivity index (χ0) is 33.2. The zero-order valence-electron chi connectivity index (χ0n) is 29.6. The molecule has 46 heavy (non-hydrogen) atoms. The van der Waals surface area contributed by atoms with Crippen molar-refractivity contribution in [1.29, 1.82) is 0 Å². The van der Waals surface area contributed by atoms with Crippen molar-refractivity contribution in [3.8, 4) is 0 Å². The molecule has 2 fully saturated rings. The first-order valence-electron chi connectivity index (χ1n) is 17.6. The predicted octanol–water partition coefficient (Wildman–Crippen LogP) is 9.53. The third kappa shape index (κ3) is 8.68. The third-order valence-electron chi connectivity index (χ3n) is 10.8. The summed E-state index contributed by atoms with van der Waals surface area (Å²) in [6, 6.07) is 12.7. The highest BCUT2D eigenvalue weighted by molar-refractivity contribution is 7.97. The number of nitrogens with one attached hydrogen (secondary N) is 1. The van der Waals surface area contributed by atoms with Crippen molar-refractivity contribution in [1.82, 2.24) is 13.9 Å². The molecule has 0 bridgehead atoms. The molecule has 0 aromatic heterocycles. The first-order chi connectivity index (χ1) is 21.7. The number of ketones is 2. The van der Waals surface area contributed by atoms with Gasteiger partial charge >= 0.3 is 0 Å². The molecule has 2 aromatic rings. The summed E-state index contributed by atoms with van der Waals surface area (Å²) in [6.07, 6.45) is 10.9. The summed E-state index contributed by atoms with van der Waals surface area (Å²) < 4.78 is 6.24. The second-order valence-electron chi connectivity index (χ2n) is 16.5. The number of nitrogens with zero attached hydrogens (tertiary/aromatic N) is 2. The largest absolute Gasteiger partial charge is 0.309 e. The van der Waals surface area contributed by atoms with E-state index in [0.717, 1.165) is 41.1 Å². The van der Waals surface area contributed by atoms with Crippen LogP contribution in [0.25, 0.3) is 0 Å². The van der Waals surface area contributed by atoms with Crippen LogP contribution in [0.4, 0.5) is 0 Å². The Bertz CT molecular complexity index is 1380. The molecule has 5 rings (SSSR count). The minimum absolute atomic E-state index is 0.0370. The topological polar surface area (TPSA) is 52.6 Å². The van der Waals surface area contributed by atoms with Gasteiger partial charge in [0.05, 0.1) is 0 Å². The number of rotatable bonds is 10. The molecule has 2 saturated carbocycles. The summed E-state index contributed by atoms with van der Waals surface area (Å²) in [5, 5.41) is 0. The van der Waals surface area contributed by atoms with Crippen LogP contribution >= 0.6 is 23.9 Å². The van der Waals surface area contributed by atoms with Crippen molar-refractivity contribution in [2.75, 3.05) is 27.2 Å². The fourth-order valence-corrected chi connectivity index (χ4v) is 9.67. The van der Waals surface area contributed by atoms with E-state index in [1.807, 2.05) is 36.4 Å². The molecule has 0 unspecified atom stereocenters. The summed E-state index contributed by atoms with van der Waals surface area (Å²) in [7, 11) is 4.27. The van der Waals surface area contributed by atoms with E-state index < -0.39 is 0 Å². The average Bonchev–Trinajstić information content (AvgIpc) is 3.01. The van der Waals surface area contributed by atoms with Crippen LogP contribution in [0.5, 0.6) is 0 Å². The summed E-state index contributed by atoms with van der Waals surface area (Å²) >= 11 is 3.38. The Morgan fingerprint density at radius 3 is 1.72 bits per heavy atom. The van der Waals surface area contributed by atoms with E-state index in [4.69, 9.17) is 0 Å². The van der Waals surface area contributed by atoms with Gasteiger partial charge in [0.1, 0.15) is 0 Å². The van der Waals surface area contributed by atoms with Gasteiger partial charge < -0.3 is 4.90 Å². The van der Waals surface area contributed by atoms with E-state index in [2.05, 4.69) is 69.6 Å². The quantitative estimate of drug-likeness (QED) is 0.217. The fourth-order valence-electron chi connectivity index (χ4n) is 7.67. The van der Waals surface area contributed by atoms with Gasteiger partial charge in [0, 0.05) is 50.7 Å². The van der Waals surface area contributed by atoms with Crippen LogP contribution in [0, 0.1) is 22.7 Å². The van der Waals surface area contributed by atoms with Crippen molar-refractivity contribution in [3.05, 3.63) is 58.7 Å². The van der Waals surface area contributed by atoms with E-state index in [1.54, 1.807) is 23.9 Å². The number of fused-ring (bicyclic) bond motifs is 2. The van der Waals surface area contributed by atoms with Gasteiger partial charge in [-0.1, -0.05) is 41.5 Å². The van der Waals surface area contributed by atoms with Crippen molar-refractivity contribution in [2.24, 2.45) is 22.7 Å². The molecule has 0 spiro atoms. The third-order valence-corrected chi connectivity index (χ3v) is 12.9. The highest BCUT2D eigenvalue weighted by Gasteiger charge is 2.34. The van der Waals surface area contributed by atoms with E-state index in [0.29, 0.717) is 45.2 Å². The lowest BCUT2D eigenvalue weighted by atomic mass is 9.71. The second-order valence-corrected chi connectivity index (χ2v) is 18.5. The first kappa shape index (κ1) is 35.7. The molecule has 5 nitrogen and oxygen atoms in total. The Morgan fingerprint density at radius 2 is 1.17 bits per heavy atom. The second kappa shape index (κ2) is 14.9. The molecule has 0 aliphatic heterocycles. The highest BCUT2D eigenvalue weighted by Crippen LogP contribution is 2.42. The maximum Gasteiger partial charge on any atom is 0.194 e. The minimum atomic E-state index is -0.0468. The van der Waals surface area contributed by atoms with Crippen LogP contribution in [-0.2, 0) is 0 Å². The number of benzene rings is 2. The standard InChI is InChI=1S/C39H57N3O2S2/c1-38(2,3)26-10-14-28(15-11-26)40-45-30-18-20-32-34(24-30)37(44)35-25-31(19-21-33(35)36(32)43)46-42(23-9-22-41(7)8)29-16-12-27(13-17-29)39(4,5)6/h18-21,24-29,40H,9-17,22-23H2,1-8H3. The Morgan fingerprint density at radius 1 is 0.674 bits per heavy atom. The van der Waals surface area contributed by atoms with Gasteiger partial charge in [0.15, 0.2) is 11.6 Å². The molecular formula is C39H57N3O2S2. The molecule has 3 aliphatic carbocycles. The van der Waals surface area contributed by atoms with Gasteiger partial charge in [-0.05, 0) is 161 Å². The average molecular weight is 664 g/mol. The van der Waals surface area contributed by atoms with Crippen molar-refractivity contribution >= 4 is 35.5 Å². The Balaban J connectivity index is 1.27. The van der Waals surface area contributed by atoms with Gasteiger partial charge in [0.25, 0.3) is 0 Å². The highest BCUT2D eigenvalue weighted by atomic mass is 32.2. The molecule has 2 aromatic carbocycles. The van der Waals surface area contributed by atoms with Crippen molar-refractivity contribution in [3.63, 3.8) is 0 Å². The van der Waals surface area contributed by atoms with Gasteiger partial charge in [-0.2, -0.15) is 0 Å². The monoisotopic (exact) mass is 663 g/mol. The lowest BCUT2D eigenvalue weighted by molar-refractivity contribution is 0.0978. The molecule has 0 saturated heterocycles. The van der Waals surface area contributed by atoms with Crippen LogP contribution < -0.4 is 4.72 Å². The molecule has 0 radical (unpaired) electrons. The SMILES string of the molecule is CN(C)CCCN(Sc1ccc2c(c1)C(=O)c1cc(SNC3CCC(C(C)(C)C)CC3)ccc1C2=O)C1CCC(C(C)(C)C)CC1. The zero-order valence-corrected chi connectivity index (χ0v) is 31.2. The summed E-state index contributed by atoms with van der Waals surface area (Å²) in [6.45, 7) is 16.2. The Hall–Kier alpha value is -1.64. The van der Waals surface area contributed by atoms with Gasteiger partial charge in [-0.3, -0.25) is 14.3 Å². The first-order valence-corrected chi connectivity index (χ1v) is 19.2. The Labute approximate surface area is 287 Å². The number of carbonyl (C=O) groups is 2. The molecule has 1 N–H and O–H groups in total. The van der Waals surface area contributed by atoms with Crippen LogP contribution in [0.15, 0.2) is 46.2 Å². The maximum absolute atomic E-state index is 13.9. The van der Waals surface area contributed by atoms with Gasteiger partial charge in [-0.25, -0.2) is 4.31 Å². The summed E-state index contributed by atoms with van der Waals surface area (Å²) in [5.74, 6) is 1.46. The summed E-state index contributed by atoms with van der Waals surface area (Å²) in [5.41, 5.74) is 2.85. The van der Waals surface area contributed by atoms with Crippen LogP contribution in [0.3, 0.4) is 0 Å². The molecule has 252 valence electrons. The van der Waals surface area contributed by atoms with Crippen LogP contribution in [-0.4, -0.2) is 60.0 Å². The van der Waals surface area contributed by atoms with E-state index in [-0.39, 0.29) is 11.6 Å². The minimum Gasteiger partial charge on any atom is -0.309 e. The molecular weight excluding hydrogens is 607 g/mol. The molecule has 3 aliphatic rings. The molecule has 0 heterocycles. The number of hydrogen-bond donors (Lipinski definition) is 1. The molecule has 7 heteroatoms. The lowest BCUT2D eigenvalue weighted by Crippen LogP contribution is -2.37. The van der Waals surface area contributed by atoms with Gasteiger partial charge in [-0.15, -0.1) is 0 Å². The molecule has 0 amide bonds. The normalized spacial score (nSPS) is 24.0. The number of carbonyl (C=O) groups excluding carboxylic acids is 2. The fraction of sp³-hybridized carbons (Fsp3) is 0.641. The summed E-state index contributed by atoms with van der Waals surface area (Å²) in [4.78, 5) is 31.8. The molecule has 0 atom stereocenters. The van der Waals surface area contributed by atoms with Crippen molar-refractivity contribution < 1.29 is 9.59 Å². The lowest BCUT2D eigenvalue weighted by Gasteiger charge is -2.40. The number of hydrogen-bond acceptors (Lipinski definition) is 7. The van der Waals surface area contributed by atoms with E-state index >= 15 is 0 Å². The van der Waals surface area contributed by atoms with Crippen LogP contribution in [0.1, 0.15) is 131 Å². The van der Waals surface area contributed by atoms with Crippen LogP contribution in [0.2, 0.25) is 0 Å². The predicted molar refractivity (Wildman–Crippen MR) is 195 cm³/mol. The van der Waals surface area contributed by atoms with Crippen molar-refractivity contribution in [2.45, 2.75) is 121 Å². The maximum atomic E-state index is 13.9. The Kier molecular flexibility index (Phi) is 11.5.